The van der Waals surface area contributed by atoms with E-state index >= 15 is 0 Å². The molecule has 0 amide bonds. The molecule has 3 rings (SSSR count). The fourth-order valence-electron chi connectivity index (χ4n) is 2.08. The third-order valence-corrected chi connectivity index (χ3v) is 3.01. The summed E-state index contributed by atoms with van der Waals surface area (Å²) in [5.74, 6) is 0.888. The second kappa shape index (κ2) is 5.07. The Hall–Kier alpha value is -2.40. The first-order chi connectivity index (χ1) is 9.34. The highest BCUT2D eigenvalue weighted by Crippen LogP contribution is 2.26. The first-order valence-corrected chi connectivity index (χ1v) is 6.00. The van der Waals surface area contributed by atoms with Crippen molar-refractivity contribution in [2.24, 2.45) is 0 Å². The van der Waals surface area contributed by atoms with Gasteiger partial charge in [0.25, 0.3) is 0 Å². The molecule has 0 fully saturated rings. The molecule has 5 heteroatoms. The number of hydrogen-bond acceptors (Lipinski definition) is 5. The fraction of sp³-hybridized carbons (Fsp3) is 0.143. The topological polar surface area (TPSA) is 71.2 Å². The summed E-state index contributed by atoms with van der Waals surface area (Å²) in [7, 11) is 0. The van der Waals surface area contributed by atoms with Crippen LogP contribution in [0.2, 0.25) is 0 Å². The van der Waals surface area contributed by atoms with Crippen LogP contribution in [0.15, 0.2) is 47.3 Å². The van der Waals surface area contributed by atoms with Gasteiger partial charge in [0.05, 0.1) is 6.54 Å². The molecule has 5 nitrogen and oxygen atoms in total. The lowest BCUT2D eigenvalue weighted by atomic mass is 10.0. The van der Waals surface area contributed by atoms with Gasteiger partial charge in [0.1, 0.15) is 5.75 Å². The Bertz CT molecular complexity index is 680. The van der Waals surface area contributed by atoms with Crippen LogP contribution in [-0.4, -0.2) is 15.2 Å². The first kappa shape index (κ1) is 11.7. The minimum Gasteiger partial charge on any atom is -0.508 e. The molecule has 0 spiro atoms. The summed E-state index contributed by atoms with van der Waals surface area (Å²) in [5, 5.41) is 19.0. The molecule has 0 saturated carbocycles. The maximum absolute atomic E-state index is 9.98. The van der Waals surface area contributed by atoms with E-state index in [2.05, 4.69) is 20.0 Å². The van der Waals surface area contributed by atoms with Crippen LogP contribution >= 0.6 is 0 Å². The molecular formula is C14H13N3O2. The molecule has 2 aromatic carbocycles. The molecule has 0 saturated heterocycles. The highest BCUT2D eigenvalue weighted by molar-refractivity contribution is 5.87. The number of nitrogens with one attached hydrogen (secondary N) is 1. The minimum absolute atomic E-state index is 0.291. The Balaban J connectivity index is 1.81. The molecular weight excluding hydrogens is 242 g/mol. The van der Waals surface area contributed by atoms with Crippen molar-refractivity contribution in [1.29, 1.82) is 0 Å². The Morgan fingerprint density at radius 1 is 1.11 bits per heavy atom. The number of fused-ring (bicyclic) bond motifs is 1. The van der Waals surface area contributed by atoms with Crippen LogP contribution in [0, 0.1) is 0 Å². The van der Waals surface area contributed by atoms with Gasteiger partial charge in [-0.25, -0.2) is 0 Å². The number of hydrogen-bond donors (Lipinski definition) is 2. The zero-order valence-corrected chi connectivity index (χ0v) is 10.2. The molecule has 0 atom stereocenters. The van der Waals surface area contributed by atoms with Gasteiger partial charge in [-0.15, -0.1) is 0 Å². The summed E-state index contributed by atoms with van der Waals surface area (Å²) in [6, 6.07) is 11.6. The second-order valence-electron chi connectivity index (χ2n) is 4.24. The Labute approximate surface area is 109 Å². The summed E-state index contributed by atoms with van der Waals surface area (Å²) >= 11 is 0. The van der Waals surface area contributed by atoms with E-state index in [0.29, 0.717) is 24.7 Å². The molecule has 96 valence electrons. The zero-order valence-electron chi connectivity index (χ0n) is 10.2. The normalized spacial score (nSPS) is 10.9. The van der Waals surface area contributed by atoms with Gasteiger partial charge >= 0.3 is 0 Å². The highest BCUT2D eigenvalue weighted by Gasteiger charge is 2.06. The van der Waals surface area contributed by atoms with Crippen LogP contribution < -0.4 is 5.32 Å². The summed E-state index contributed by atoms with van der Waals surface area (Å²) < 4.78 is 4.66. The van der Waals surface area contributed by atoms with Crippen LogP contribution in [0.1, 0.15) is 11.4 Å². The monoisotopic (exact) mass is 255 g/mol. The Morgan fingerprint density at radius 2 is 2.00 bits per heavy atom. The van der Waals surface area contributed by atoms with Crippen molar-refractivity contribution in [2.45, 2.75) is 13.1 Å². The summed E-state index contributed by atoms with van der Waals surface area (Å²) in [4.78, 5) is 3.93. The van der Waals surface area contributed by atoms with E-state index < -0.39 is 0 Å². The molecule has 1 aromatic heterocycles. The molecule has 0 bridgehead atoms. The Kier molecular flexibility index (Phi) is 3.12. The molecule has 1 heterocycles. The van der Waals surface area contributed by atoms with Crippen LogP contribution in [0.3, 0.4) is 0 Å². The smallest absolute Gasteiger partial charge is 0.213 e. The molecule has 19 heavy (non-hydrogen) atoms. The number of benzene rings is 2. The average Bonchev–Trinajstić information content (AvgIpc) is 2.94. The van der Waals surface area contributed by atoms with Crippen LogP contribution in [0.5, 0.6) is 5.75 Å². The van der Waals surface area contributed by atoms with Gasteiger partial charge in [-0.2, -0.15) is 4.98 Å². The van der Waals surface area contributed by atoms with E-state index in [0.717, 1.165) is 16.3 Å². The van der Waals surface area contributed by atoms with Gasteiger partial charge in [0, 0.05) is 12.1 Å². The van der Waals surface area contributed by atoms with E-state index in [1.165, 1.54) is 6.39 Å². The molecule has 0 radical (unpaired) electrons. The summed E-state index contributed by atoms with van der Waals surface area (Å²) in [6.45, 7) is 1.04. The van der Waals surface area contributed by atoms with Crippen molar-refractivity contribution in [3.8, 4) is 5.75 Å². The van der Waals surface area contributed by atoms with Gasteiger partial charge < -0.3 is 14.9 Å². The molecule has 3 aromatic rings. The molecule has 0 aliphatic rings. The van der Waals surface area contributed by atoms with Crippen molar-refractivity contribution >= 4 is 10.8 Å². The van der Waals surface area contributed by atoms with E-state index in [-0.39, 0.29) is 0 Å². The molecule has 0 aliphatic carbocycles. The van der Waals surface area contributed by atoms with Crippen molar-refractivity contribution < 1.29 is 9.63 Å². The molecule has 2 N–H and O–H groups in total. The minimum atomic E-state index is 0.291. The van der Waals surface area contributed by atoms with E-state index in [4.69, 9.17) is 0 Å². The first-order valence-electron chi connectivity index (χ1n) is 6.00. The lowest BCUT2D eigenvalue weighted by Crippen LogP contribution is -2.14. The van der Waals surface area contributed by atoms with Crippen molar-refractivity contribution in [3.05, 3.63) is 54.2 Å². The lowest BCUT2D eigenvalue weighted by Gasteiger charge is -2.09. The molecule has 0 unspecified atom stereocenters. The van der Waals surface area contributed by atoms with Gasteiger partial charge in [-0.1, -0.05) is 35.5 Å². The maximum Gasteiger partial charge on any atom is 0.213 e. The van der Waals surface area contributed by atoms with Crippen molar-refractivity contribution in [1.82, 2.24) is 15.5 Å². The lowest BCUT2D eigenvalue weighted by molar-refractivity contribution is 0.407. The van der Waals surface area contributed by atoms with Crippen LogP contribution in [0.25, 0.3) is 10.8 Å². The van der Waals surface area contributed by atoms with Crippen molar-refractivity contribution in [3.63, 3.8) is 0 Å². The zero-order chi connectivity index (χ0) is 13.1. The number of phenolic OH excluding ortho intramolecular Hbond substituents is 1. The average molecular weight is 255 g/mol. The van der Waals surface area contributed by atoms with Gasteiger partial charge in [0.15, 0.2) is 5.82 Å². The third-order valence-electron chi connectivity index (χ3n) is 3.01. The van der Waals surface area contributed by atoms with E-state index in [1.54, 1.807) is 6.07 Å². The predicted molar refractivity (Wildman–Crippen MR) is 70.5 cm³/mol. The number of aromatic nitrogens is 2. The number of nitrogens with zero attached hydrogens (tertiary/aromatic N) is 2. The van der Waals surface area contributed by atoms with E-state index in [1.807, 2.05) is 30.3 Å². The predicted octanol–water partition coefficient (Wildman–Crippen LogP) is 2.22. The van der Waals surface area contributed by atoms with Crippen molar-refractivity contribution in [2.75, 3.05) is 0 Å². The third kappa shape index (κ3) is 2.41. The maximum atomic E-state index is 9.98. The summed E-state index contributed by atoms with van der Waals surface area (Å²) in [5.41, 5.74) is 0.876. The standard InChI is InChI=1S/C14H13N3O2/c18-13-6-5-10-3-1-2-4-11(10)12(13)7-15-8-14-16-9-19-17-14/h1-6,9,15,18H,7-8H2. The summed E-state index contributed by atoms with van der Waals surface area (Å²) in [6.07, 6.45) is 1.30. The number of phenols is 1. The quantitative estimate of drug-likeness (QED) is 0.748. The number of rotatable bonds is 4. The van der Waals surface area contributed by atoms with Gasteiger partial charge in [-0.05, 0) is 16.8 Å². The van der Waals surface area contributed by atoms with Gasteiger partial charge in [0.2, 0.25) is 6.39 Å². The SMILES string of the molecule is Oc1ccc2ccccc2c1CNCc1ncon1. The number of aromatic hydroxyl groups is 1. The largest absolute Gasteiger partial charge is 0.508 e. The molecule has 0 aliphatic heterocycles. The van der Waals surface area contributed by atoms with Crippen LogP contribution in [0.4, 0.5) is 0 Å². The van der Waals surface area contributed by atoms with Gasteiger partial charge in [-0.3, -0.25) is 0 Å². The Morgan fingerprint density at radius 3 is 2.84 bits per heavy atom. The fourth-order valence-corrected chi connectivity index (χ4v) is 2.08. The second-order valence-corrected chi connectivity index (χ2v) is 4.24. The highest BCUT2D eigenvalue weighted by atomic mass is 16.5. The van der Waals surface area contributed by atoms with E-state index in [9.17, 15) is 5.11 Å². The van der Waals surface area contributed by atoms with Crippen LogP contribution in [-0.2, 0) is 13.1 Å².